The van der Waals surface area contributed by atoms with Gasteiger partial charge in [-0.05, 0) is 36.5 Å². The molecule has 1 heterocycles. The highest BCUT2D eigenvalue weighted by atomic mass is 19.1. The highest BCUT2D eigenvalue weighted by Crippen LogP contribution is 2.28. The van der Waals surface area contributed by atoms with Crippen molar-refractivity contribution in [2.75, 3.05) is 24.6 Å². The molecule has 2 rings (SSSR count). The zero-order valence-corrected chi connectivity index (χ0v) is 14.4. The van der Waals surface area contributed by atoms with Crippen molar-refractivity contribution in [3.63, 3.8) is 0 Å². The first kappa shape index (κ1) is 18.4. The molecule has 1 fully saturated rings. The van der Waals surface area contributed by atoms with Crippen LogP contribution in [0.5, 0.6) is 0 Å². The van der Waals surface area contributed by atoms with Crippen molar-refractivity contribution in [3.8, 4) is 0 Å². The molecule has 0 radical (unpaired) electrons. The smallest absolute Gasteiger partial charge is 0.227 e. The number of aliphatic hydroxyl groups is 1. The predicted molar refractivity (Wildman–Crippen MR) is 90.1 cm³/mol. The standard InChI is InChI=1S/C18H25FN2O3/c1-12-4-5-15(14(19)8-12)21-10-13(9-16(21)23)17(24)20-11-18(2,3)6-7-22/h4-5,8,13,22H,6-7,9-11H2,1-3H3,(H,20,24). The van der Waals surface area contributed by atoms with E-state index in [0.717, 1.165) is 5.56 Å². The number of benzene rings is 1. The number of anilines is 1. The number of halogens is 1. The zero-order valence-electron chi connectivity index (χ0n) is 14.4. The van der Waals surface area contributed by atoms with Gasteiger partial charge >= 0.3 is 0 Å². The number of carbonyl (C=O) groups is 2. The predicted octanol–water partition coefficient (Wildman–Crippen LogP) is 2.01. The molecule has 1 aliphatic rings. The summed E-state index contributed by atoms with van der Waals surface area (Å²) in [4.78, 5) is 25.8. The molecule has 0 bridgehead atoms. The molecule has 24 heavy (non-hydrogen) atoms. The number of rotatable bonds is 6. The average molecular weight is 336 g/mol. The topological polar surface area (TPSA) is 69.6 Å². The van der Waals surface area contributed by atoms with E-state index >= 15 is 0 Å². The molecule has 2 N–H and O–H groups in total. The number of hydrogen-bond acceptors (Lipinski definition) is 3. The maximum Gasteiger partial charge on any atom is 0.227 e. The maximum atomic E-state index is 14.1. The lowest BCUT2D eigenvalue weighted by Crippen LogP contribution is -2.39. The SMILES string of the molecule is Cc1ccc(N2CC(C(=O)NCC(C)(C)CCO)CC2=O)c(F)c1. The summed E-state index contributed by atoms with van der Waals surface area (Å²) in [5.41, 5.74) is 0.792. The van der Waals surface area contributed by atoms with Gasteiger partial charge in [0.2, 0.25) is 11.8 Å². The Labute approximate surface area is 141 Å². The molecule has 1 aromatic rings. The van der Waals surface area contributed by atoms with Gasteiger partial charge in [-0.2, -0.15) is 0 Å². The van der Waals surface area contributed by atoms with E-state index in [-0.39, 0.29) is 42.5 Å². The third-order valence-electron chi connectivity index (χ3n) is 4.42. The summed E-state index contributed by atoms with van der Waals surface area (Å²) in [5, 5.41) is 11.9. The quantitative estimate of drug-likeness (QED) is 0.835. The largest absolute Gasteiger partial charge is 0.396 e. The second-order valence-corrected chi connectivity index (χ2v) is 7.22. The zero-order chi connectivity index (χ0) is 17.9. The summed E-state index contributed by atoms with van der Waals surface area (Å²) < 4.78 is 14.1. The van der Waals surface area contributed by atoms with Gasteiger partial charge in [0, 0.05) is 26.1 Å². The molecule has 132 valence electrons. The van der Waals surface area contributed by atoms with E-state index in [9.17, 15) is 14.0 Å². The fourth-order valence-corrected chi connectivity index (χ4v) is 2.81. The van der Waals surface area contributed by atoms with Gasteiger partial charge in [-0.15, -0.1) is 0 Å². The molecule has 1 aromatic carbocycles. The van der Waals surface area contributed by atoms with Crippen LogP contribution < -0.4 is 10.2 Å². The van der Waals surface area contributed by atoms with Crippen molar-refractivity contribution < 1.29 is 19.1 Å². The van der Waals surface area contributed by atoms with Gasteiger partial charge in [0.25, 0.3) is 0 Å². The van der Waals surface area contributed by atoms with Crippen LogP contribution in [0.1, 0.15) is 32.3 Å². The maximum absolute atomic E-state index is 14.1. The minimum atomic E-state index is -0.483. The Morgan fingerprint density at radius 3 is 2.79 bits per heavy atom. The van der Waals surface area contributed by atoms with Crippen LogP contribution in [0.25, 0.3) is 0 Å². The molecule has 1 saturated heterocycles. The van der Waals surface area contributed by atoms with E-state index in [4.69, 9.17) is 5.11 Å². The summed E-state index contributed by atoms with van der Waals surface area (Å²) >= 11 is 0. The molecule has 0 aliphatic carbocycles. The van der Waals surface area contributed by atoms with E-state index in [0.29, 0.717) is 13.0 Å². The van der Waals surface area contributed by atoms with Gasteiger partial charge in [0.15, 0.2) is 0 Å². The Hall–Kier alpha value is -1.95. The normalized spacial score (nSPS) is 18.1. The van der Waals surface area contributed by atoms with Gasteiger partial charge in [-0.3, -0.25) is 9.59 Å². The molecule has 6 heteroatoms. The Bertz CT molecular complexity index is 631. The lowest BCUT2D eigenvalue weighted by molar-refractivity contribution is -0.126. The summed E-state index contributed by atoms with van der Waals surface area (Å²) in [6.07, 6.45) is 0.664. The second kappa shape index (κ2) is 7.30. The minimum absolute atomic E-state index is 0.0608. The van der Waals surface area contributed by atoms with E-state index in [1.807, 2.05) is 13.8 Å². The number of nitrogens with one attached hydrogen (secondary N) is 1. The Kier molecular flexibility index (Phi) is 5.59. The van der Waals surface area contributed by atoms with E-state index < -0.39 is 11.7 Å². The monoisotopic (exact) mass is 336 g/mol. The van der Waals surface area contributed by atoms with E-state index in [1.165, 1.54) is 11.0 Å². The van der Waals surface area contributed by atoms with E-state index in [2.05, 4.69) is 5.32 Å². The van der Waals surface area contributed by atoms with Crippen molar-refractivity contribution in [3.05, 3.63) is 29.6 Å². The number of aliphatic hydroxyl groups excluding tert-OH is 1. The molecule has 1 aliphatic heterocycles. The first-order chi connectivity index (χ1) is 11.2. The lowest BCUT2D eigenvalue weighted by atomic mass is 9.89. The third-order valence-corrected chi connectivity index (χ3v) is 4.42. The van der Waals surface area contributed by atoms with Crippen molar-refractivity contribution in [1.29, 1.82) is 0 Å². The van der Waals surface area contributed by atoms with Crippen molar-refractivity contribution in [1.82, 2.24) is 5.32 Å². The van der Waals surface area contributed by atoms with Crippen molar-refractivity contribution in [2.45, 2.75) is 33.6 Å². The molecule has 0 spiro atoms. The van der Waals surface area contributed by atoms with Gasteiger partial charge in [-0.1, -0.05) is 19.9 Å². The first-order valence-corrected chi connectivity index (χ1v) is 8.18. The van der Waals surface area contributed by atoms with Crippen LogP contribution in [0, 0.1) is 24.1 Å². The van der Waals surface area contributed by atoms with Gasteiger partial charge in [0.05, 0.1) is 11.6 Å². The molecule has 1 unspecified atom stereocenters. The summed E-state index contributed by atoms with van der Waals surface area (Å²) in [5.74, 6) is -1.38. The molecule has 5 nitrogen and oxygen atoms in total. The number of nitrogens with zero attached hydrogens (tertiary/aromatic N) is 1. The Balaban J connectivity index is 2.00. The molecule has 1 atom stereocenters. The highest BCUT2D eigenvalue weighted by Gasteiger charge is 2.36. The van der Waals surface area contributed by atoms with Gasteiger partial charge in [0.1, 0.15) is 5.82 Å². The molecular weight excluding hydrogens is 311 g/mol. The minimum Gasteiger partial charge on any atom is -0.396 e. The average Bonchev–Trinajstić information content (AvgIpc) is 2.87. The fraction of sp³-hybridized carbons (Fsp3) is 0.556. The van der Waals surface area contributed by atoms with Crippen LogP contribution in [0.4, 0.5) is 10.1 Å². The Morgan fingerprint density at radius 1 is 1.46 bits per heavy atom. The molecule has 2 amide bonds. The van der Waals surface area contributed by atoms with Crippen LogP contribution in [-0.2, 0) is 9.59 Å². The fourth-order valence-electron chi connectivity index (χ4n) is 2.81. The van der Waals surface area contributed by atoms with Gasteiger partial charge in [-0.25, -0.2) is 4.39 Å². The first-order valence-electron chi connectivity index (χ1n) is 8.18. The summed E-state index contributed by atoms with van der Waals surface area (Å²) in [6.45, 7) is 6.37. The van der Waals surface area contributed by atoms with Crippen LogP contribution in [0.3, 0.4) is 0 Å². The van der Waals surface area contributed by atoms with Crippen LogP contribution in [0.15, 0.2) is 18.2 Å². The number of amides is 2. The van der Waals surface area contributed by atoms with Crippen molar-refractivity contribution >= 4 is 17.5 Å². The summed E-state index contributed by atoms with van der Waals surface area (Å²) in [7, 11) is 0. The van der Waals surface area contributed by atoms with E-state index in [1.54, 1.807) is 19.1 Å². The van der Waals surface area contributed by atoms with Crippen LogP contribution in [-0.4, -0.2) is 36.6 Å². The molecule has 0 aromatic heterocycles. The third kappa shape index (κ3) is 4.32. The van der Waals surface area contributed by atoms with Crippen LogP contribution >= 0.6 is 0 Å². The number of hydrogen-bond donors (Lipinski definition) is 2. The molecule has 0 saturated carbocycles. The van der Waals surface area contributed by atoms with Crippen LogP contribution in [0.2, 0.25) is 0 Å². The highest BCUT2D eigenvalue weighted by molar-refractivity contribution is 6.00. The number of carbonyl (C=O) groups excluding carboxylic acids is 2. The van der Waals surface area contributed by atoms with Gasteiger partial charge < -0.3 is 15.3 Å². The Morgan fingerprint density at radius 2 is 2.17 bits per heavy atom. The van der Waals surface area contributed by atoms with Crippen molar-refractivity contribution in [2.24, 2.45) is 11.3 Å². The number of aryl methyl sites for hydroxylation is 1. The summed E-state index contributed by atoms with van der Waals surface area (Å²) in [6, 6.07) is 4.71. The second-order valence-electron chi connectivity index (χ2n) is 7.22. The molecular formula is C18H25FN2O3. The lowest BCUT2D eigenvalue weighted by Gasteiger charge is -2.24.